The van der Waals surface area contributed by atoms with Crippen LogP contribution in [-0.4, -0.2) is 25.3 Å². The van der Waals surface area contributed by atoms with Gasteiger partial charge >= 0.3 is 0 Å². The number of pyridine rings is 1. The van der Waals surface area contributed by atoms with Crippen molar-refractivity contribution in [3.63, 3.8) is 0 Å². The number of nitrogens with zero attached hydrogens (tertiary/aromatic N) is 4. The molecule has 5 rings (SSSR count). The molecule has 6 nitrogen and oxygen atoms in total. The van der Waals surface area contributed by atoms with Crippen LogP contribution in [0.5, 0.6) is 0 Å². The number of benzene rings is 2. The zero-order chi connectivity index (χ0) is 18.9. The Bertz CT molecular complexity index is 1270. The van der Waals surface area contributed by atoms with Crippen LogP contribution in [0.15, 0.2) is 85.3 Å². The Kier molecular flexibility index (Phi) is 3.80. The summed E-state index contributed by atoms with van der Waals surface area (Å²) in [5.41, 5.74) is 3.66. The van der Waals surface area contributed by atoms with Gasteiger partial charge in [-0.05, 0) is 30.3 Å². The molecule has 0 atom stereocenters. The van der Waals surface area contributed by atoms with Gasteiger partial charge in [0.15, 0.2) is 0 Å². The number of imidazole rings is 1. The van der Waals surface area contributed by atoms with E-state index in [0.717, 1.165) is 22.2 Å². The number of nitrogens with one attached hydrogen (secondary N) is 1. The SMILES string of the molecule is O=C(Nc1ccc(-c2cn3cccnc3n2)cc1)c1ccc2ccccc2n1. The molecule has 28 heavy (non-hydrogen) atoms. The molecule has 0 aliphatic carbocycles. The molecule has 0 saturated heterocycles. The summed E-state index contributed by atoms with van der Waals surface area (Å²) in [5.74, 6) is 0.410. The number of hydrogen-bond donors (Lipinski definition) is 1. The number of carbonyl (C=O) groups is 1. The highest BCUT2D eigenvalue weighted by Gasteiger charge is 2.10. The van der Waals surface area contributed by atoms with Crippen molar-refractivity contribution in [1.82, 2.24) is 19.4 Å². The summed E-state index contributed by atoms with van der Waals surface area (Å²) in [7, 11) is 0. The lowest BCUT2D eigenvalue weighted by molar-refractivity contribution is 0.102. The average Bonchev–Trinajstić information content (AvgIpc) is 3.18. The van der Waals surface area contributed by atoms with E-state index in [4.69, 9.17) is 0 Å². The van der Waals surface area contributed by atoms with Crippen LogP contribution < -0.4 is 5.32 Å². The number of aromatic nitrogens is 4. The molecular formula is C22H15N5O. The third-order valence-electron chi connectivity index (χ3n) is 4.51. The van der Waals surface area contributed by atoms with Crippen LogP contribution in [0.3, 0.4) is 0 Å². The van der Waals surface area contributed by atoms with Gasteiger partial charge in [0.25, 0.3) is 5.91 Å². The van der Waals surface area contributed by atoms with Crippen LogP contribution in [0.1, 0.15) is 10.5 Å². The Morgan fingerprint density at radius 1 is 0.893 bits per heavy atom. The van der Waals surface area contributed by atoms with Gasteiger partial charge in [0.2, 0.25) is 5.78 Å². The number of carbonyl (C=O) groups excluding carboxylic acids is 1. The first kappa shape index (κ1) is 16.1. The van der Waals surface area contributed by atoms with Crippen molar-refractivity contribution in [2.75, 3.05) is 5.32 Å². The maximum atomic E-state index is 12.5. The second-order valence-corrected chi connectivity index (χ2v) is 6.37. The number of para-hydroxylation sites is 1. The third-order valence-corrected chi connectivity index (χ3v) is 4.51. The lowest BCUT2D eigenvalue weighted by Crippen LogP contribution is -2.13. The first-order valence-corrected chi connectivity index (χ1v) is 8.84. The van der Waals surface area contributed by atoms with Crippen LogP contribution in [0.25, 0.3) is 27.9 Å². The van der Waals surface area contributed by atoms with Crippen LogP contribution in [0, 0.1) is 0 Å². The van der Waals surface area contributed by atoms with E-state index in [1.54, 1.807) is 12.3 Å². The molecule has 0 aliphatic heterocycles. The van der Waals surface area contributed by atoms with Crippen LogP contribution in [0.4, 0.5) is 5.69 Å². The molecule has 3 aromatic heterocycles. The molecule has 1 N–H and O–H groups in total. The van der Waals surface area contributed by atoms with Gasteiger partial charge in [0, 0.05) is 35.2 Å². The molecule has 0 aliphatic rings. The standard InChI is InChI=1S/C22H15N5O/c28-21(19-11-8-15-4-1-2-5-18(15)25-19)24-17-9-6-16(7-10-17)20-14-27-13-3-12-23-22(27)26-20/h1-14H,(H,24,28). The van der Waals surface area contributed by atoms with Crippen LogP contribution in [-0.2, 0) is 0 Å². The number of amides is 1. The molecule has 134 valence electrons. The summed E-state index contributed by atoms with van der Waals surface area (Å²) in [6, 6.07) is 20.8. The fraction of sp³-hybridized carbons (Fsp3) is 0. The van der Waals surface area contributed by atoms with Gasteiger partial charge in [-0.3, -0.25) is 9.20 Å². The molecule has 0 saturated carbocycles. The normalized spacial score (nSPS) is 11.0. The van der Waals surface area contributed by atoms with Crippen LogP contribution in [0.2, 0.25) is 0 Å². The number of anilines is 1. The molecular weight excluding hydrogens is 350 g/mol. The summed E-state index contributed by atoms with van der Waals surface area (Å²) in [4.78, 5) is 25.7. The van der Waals surface area contributed by atoms with Crippen molar-refractivity contribution in [3.05, 3.63) is 91.0 Å². The van der Waals surface area contributed by atoms with E-state index < -0.39 is 0 Å². The van der Waals surface area contributed by atoms with Crippen molar-refractivity contribution >= 4 is 28.3 Å². The Balaban J connectivity index is 1.37. The average molecular weight is 365 g/mol. The summed E-state index contributed by atoms with van der Waals surface area (Å²) in [5, 5.41) is 3.89. The predicted octanol–water partition coefficient (Wildman–Crippen LogP) is 4.20. The largest absolute Gasteiger partial charge is 0.321 e. The van der Waals surface area contributed by atoms with Gasteiger partial charge in [-0.25, -0.2) is 15.0 Å². The fourth-order valence-electron chi connectivity index (χ4n) is 3.08. The van der Waals surface area contributed by atoms with Crippen molar-refractivity contribution in [1.29, 1.82) is 0 Å². The molecule has 1 amide bonds. The van der Waals surface area contributed by atoms with Crippen molar-refractivity contribution in [2.24, 2.45) is 0 Å². The smallest absolute Gasteiger partial charge is 0.274 e. The monoisotopic (exact) mass is 365 g/mol. The minimum absolute atomic E-state index is 0.240. The van der Waals surface area contributed by atoms with Gasteiger partial charge in [-0.2, -0.15) is 0 Å². The summed E-state index contributed by atoms with van der Waals surface area (Å²) in [6.07, 6.45) is 5.55. The molecule has 3 heterocycles. The van der Waals surface area contributed by atoms with Crippen LogP contribution >= 0.6 is 0 Å². The minimum Gasteiger partial charge on any atom is -0.321 e. The van der Waals surface area contributed by atoms with Crippen molar-refractivity contribution in [2.45, 2.75) is 0 Å². The number of hydrogen-bond acceptors (Lipinski definition) is 4. The van der Waals surface area contributed by atoms with E-state index in [9.17, 15) is 4.79 Å². The van der Waals surface area contributed by atoms with Gasteiger partial charge in [-0.15, -0.1) is 0 Å². The summed E-state index contributed by atoms with van der Waals surface area (Å²) in [6.45, 7) is 0. The minimum atomic E-state index is -0.240. The number of fused-ring (bicyclic) bond motifs is 2. The fourth-order valence-corrected chi connectivity index (χ4v) is 3.08. The molecule has 0 radical (unpaired) electrons. The second kappa shape index (κ2) is 6.59. The quantitative estimate of drug-likeness (QED) is 0.520. The van der Waals surface area contributed by atoms with Gasteiger partial charge in [0.1, 0.15) is 5.69 Å². The Hall–Kier alpha value is -4.06. The Morgan fingerprint density at radius 3 is 2.61 bits per heavy atom. The highest BCUT2D eigenvalue weighted by molar-refractivity contribution is 6.04. The highest BCUT2D eigenvalue weighted by Crippen LogP contribution is 2.21. The maximum absolute atomic E-state index is 12.5. The van der Waals surface area contributed by atoms with E-state index in [-0.39, 0.29) is 5.91 Å². The van der Waals surface area contributed by atoms with Crippen molar-refractivity contribution in [3.8, 4) is 11.3 Å². The van der Waals surface area contributed by atoms with E-state index in [1.165, 1.54) is 0 Å². The first-order valence-electron chi connectivity index (χ1n) is 8.84. The highest BCUT2D eigenvalue weighted by atomic mass is 16.1. The maximum Gasteiger partial charge on any atom is 0.274 e. The molecule has 2 aromatic carbocycles. The molecule has 5 aromatic rings. The molecule has 6 heteroatoms. The molecule has 0 fully saturated rings. The second-order valence-electron chi connectivity index (χ2n) is 6.37. The summed E-state index contributed by atoms with van der Waals surface area (Å²) < 4.78 is 1.87. The van der Waals surface area contributed by atoms with E-state index in [2.05, 4.69) is 20.3 Å². The molecule has 0 bridgehead atoms. The van der Waals surface area contributed by atoms with Gasteiger partial charge < -0.3 is 5.32 Å². The van der Waals surface area contributed by atoms with E-state index in [0.29, 0.717) is 17.2 Å². The first-order chi connectivity index (χ1) is 13.8. The summed E-state index contributed by atoms with van der Waals surface area (Å²) >= 11 is 0. The van der Waals surface area contributed by atoms with E-state index >= 15 is 0 Å². The molecule has 0 spiro atoms. The number of rotatable bonds is 3. The van der Waals surface area contributed by atoms with Crippen molar-refractivity contribution < 1.29 is 4.79 Å². The van der Waals surface area contributed by atoms with Gasteiger partial charge in [0.05, 0.1) is 11.2 Å². The zero-order valence-corrected chi connectivity index (χ0v) is 14.8. The van der Waals surface area contributed by atoms with E-state index in [1.807, 2.05) is 77.5 Å². The topological polar surface area (TPSA) is 72.2 Å². The Labute approximate surface area is 160 Å². The lowest BCUT2D eigenvalue weighted by atomic mass is 10.1. The van der Waals surface area contributed by atoms with Gasteiger partial charge in [-0.1, -0.05) is 36.4 Å². The lowest BCUT2D eigenvalue weighted by Gasteiger charge is -2.06. The Morgan fingerprint density at radius 2 is 1.75 bits per heavy atom. The predicted molar refractivity (Wildman–Crippen MR) is 108 cm³/mol. The molecule has 0 unspecified atom stereocenters. The third kappa shape index (κ3) is 2.97. The zero-order valence-electron chi connectivity index (χ0n) is 14.8.